The van der Waals surface area contributed by atoms with E-state index in [4.69, 9.17) is 15.2 Å². The third-order valence-corrected chi connectivity index (χ3v) is 5.13. The van der Waals surface area contributed by atoms with E-state index in [-0.39, 0.29) is 19.1 Å². The van der Waals surface area contributed by atoms with Crippen molar-refractivity contribution in [2.45, 2.75) is 5.92 Å². The first kappa shape index (κ1) is 19.4. The molecule has 4 rings (SSSR count). The van der Waals surface area contributed by atoms with Crippen molar-refractivity contribution >= 4 is 11.8 Å². The van der Waals surface area contributed by atoms with Crippen LogP contribution in [0, 0.1) is 11.8 Å². The molecule has 30 heavy (non-hydrogen) atoms. The van der Waals surface area contributed by atoms with Crippen molar-refractivity contribution in [1.29, 1.82) is 0 Å². The maximum Gasteiger partial charge on any atom is 0.407 e. The van der Waals surface area contributed by atoms with Crippen LogP contribution in [0.25, 0.3) is 11.1 Å². The third kappa shape index (κ3) is 3.94. The number of methoxy groups -OCH3 is 1. The van der Waals surface area contributed by atoms with Gasteiger partial charge >= 0.3 is 6.09 Å². The summed E-state index contributed by atoms with van der Waals surface area (Å²) >= 11 is 0. The van der Waals surface area contributed by atoms with Crippen molar-refractivity contribution in [3.63, 3.8) is 0 Å². The van der Waals surface area contributed by atoms with Crippen molar-refractivity contribution in [1.82, 2.24) is 5.32 Å². The van der Waals surface area contributed by atoms with E-state index < -0.39 is 6.09 Å². The molecule has 0 heterocycles. The lowest BCUT2D eigenvalue weighted by Crippen LogP contribution is -2.26. The smallest absolute Gasteiger partial charge is 0.407 e. The SMILES string of the molecule is COc1ccc(C#CCNC(=O)OCC2c3ccccc3-c3ccccc32)cc1N. The van der Waals surface area contributed by atoms with Gasteiger partial charge in [0.2, 0.25) is 0 Å². The fourth-order valence-corrected chi connectivity index (χ4v) is 3.72. The van der Waals surface area contributed by atoms with E-state index >= 15 is 0 Å². The minimum absolute atomic E-state index is 0.0384. The molecule has 1 aliphatic carbocycles. The molecular weight excluding hydrogens is 376 g/mol. The summed E-state index contributed by atoms with van der Waals surface area (Å²) in [6.45, 7) is 0.463. The van der Waals surface area contributed by atoms with Gasteiger partial charge in [0.25, 0.3) is 0 Å². The number of alkyl carbamates (subject to hydrolysis) is 1. The van der Waals surface area contributed by atoms with E-state index in [9.17, 15) is 4.79 Å². The van der Waals surface area contributed by atoms with Crippen molar-refractivity contribution in [3.05, 3.63) is 83.4 Å². The second-order valence-corrected chi connectivity index (χ2v) is 6.94. The van der Waals surface area contributed by atoms with E-state index in [1.54, 1.807) is 19.2 Å². The molecule has 1 aliphatic rings. The van der Waals surface area contributed by atoms with Gasteiger partial charge in [-0.25, -0.2) is 4.79 Å². The Morgan fingerprint density at radius 2 is 1.70 bits per heavy atom. The first-order valence-corrected chi connectivity index (χ1v) is 9.68. The number of nitrogen functional groups attached to an aromatic ring is 1. The summed E-state index contributed by atoms with van der Waals surface area (Å²) in [4.78, 5) is 12.1. The molecule has 5 nitrogen and oxygen atoms in total. The Morgan fingerprint density at radius 3 is 2.33 bits per heavy atom. The van der Waals surface area contributed by atoms with Crippen molar-refractivity contribution in [3.8, 4) is 28.7 Å². The minimum Gasteiger partial charge on any atom is -0.495 e. The number of carbonyl (C=O) groups is 1. The quantitative estimate of drug-likeness (QED) is 0.511. The van der Waals surface area contributed by atoms with Crippen LogP contribution in [0.1, 0.15) is 22.6 Å². The summed E-state index contributed by atoms with van der Waals surface area (Å²) in [7, 11) is 1.56. The largest absolute Gasteiger partial charge is 0.495 e. The fraction of sp³-hybridized carbons (Fsp3) is 0.160. The minimum atomic E-state index is -0.486. The molecule has 150 valence electrons. The number of anilines is 1. The molecule has 5 heteroatoms. The highest BCUT2D eigenvalue weighted by Gasteiger charge is 2.28. The molecule has 0 aliphatic heterocycles. The van der Waals surface area contributed by atoms with Crippen LogP contribution < -0.4 is 15.8 Å². The molecule has 1 amide bonds. The summed E-state index contributed by atoms with van der Waals surface area (Å²) in [5.41, 5.74) is 11.9. The Bertz CT molecular complexity index is 1100. The van der Waals surface area contributed by atoms with Gasteiger partial charge in [-0.1, -0.05) is 60.4 Å². The highest BCUT2D eigenvalue weighted by molar-refractivity contribution is 5.79. The molecule has 0 spiro atoms. The van der Waals surface area contributed by atoms with Crippen LogP contribution in [-0.2, 0) is 4.74 Å². The number of carbonyl (C=O) groups excluding carboxylic acids is 1. The van der Waals surface area contributed by atoms with E-state index in [1.165, 1.54) is 22.3 Å². The Morgan fingerprint density at radius 1 is 1.03 bits per heavy atom. The molecule has 0 atom stereocenters. The molecule has 0 unspecified atom stereocenters. The predicted molar refractivity (Wildman–Crippen MR) is 117 cm³/mol. The number of hydrogen-bond acceptors (Lipinski definition) is 4. The summed E-state index contributed by atoms with van der Waals surface area (Å²) < 4.78 is 10.6. The van der Waals surface area contributed by atoms with Crippen molar-refractivity contribution < 1.29 is 14.3 Å². The van der Waals surface area contributed by atoms with E-state index in [1.807, 2.05) is 30.3 Å². The zero-order chi connectivity index (χ0) is 20.9. The van der Waals surface area contributed by atoms with Gasteiger partial charge in [0, 0.05) is 11.5 Å². The van der Waals surface area contributed by atoms with Gasteiger partial charge in [-0.05, 0) is 40.5 Å². The Hall–Kier alpha value is -3.91. The highest BCUT2D eigenvalue weighted by atomic mass is 16.5. The number of nitrogens with one attached hydrogen (secondary N) is 1. The molecule has 0 fully saturated rings. The molecule has 0 bridgehead atoms. The average molecular weight is 398 g/mol. The van der Waals surface area contributed by atoms with Crippen LogP contribution in [0.3, 0.4) is 0 Å². The van der Waals surface area contributed by atoms with Crippen LogP contribution in [0.2, 0.25) is 0 Å². The Kier molecular flexibility index (Phi) is 5.58. The topological polar surface area (TPSA) is 73.6 Å². The van der Waals surface area contributed by atoms with Crippen LogP contribution in [0.4, 0.5) is 10.5 Å². The van der Waals surface area contributed by atoms with Gasteiger partial charge in [0.1, 0.15) is 12.4 Å². The first-order valence-electron chi connectivity index (χ1n) is 9.68. The predicted octanol–water partition coefficient (Wildman–Crippen LogP) is 4.17. The fourth-order valence-electron chi connectivity index (χ4n) is 3.72. The number of benzene rings is 3. The molecule has 0 radical (unpaired) electrons. The lowest BCUT2D eigenvalue weighted by Gasteiger charge is -2.14. The van der Waals surface area contributed by atoms with Gasteiger partial charge in [-0.2, -0.15) is 0 Å². The van der Waals surface area contributed by atoms with Gasteiger partial charge in [-0.15, -0.1) is 0 Å². The van der Waals surface area contributed by atoms with E-state index in [0.717, 1.165) is 5.56 Å². The van der Waals surface area contributed by atoms with Crippen LogP contribution in [0.15, 0.2) is 66.7 Å². The van der Waals surface area contributed by atoms with E-state index in [2.05, 4.69) is 41.4 Å². The number of nitrogens with two attached hydrogens (primary N) is 1. The lowest BCUT2D eigenvalue weighted by atomic mass is 9.98. The molecule has 3 N–H and O–H groups in total. The van der Waals surface area contributed by atoms with Crippen molar-refractivity contribution in [2.75, 3.05) is 26.0 Å². The lowest BCUT2D eigenvalue weighted by molar-refractivity contribution is 0.144. The van der Waals surface area contributed by atoms with Crippen LogP contribution in [0.5, 0.6) is 5.75 Å². The van der Waals surface area contributed by atoms with Gasteiger partial charge in [0.15, 0.2) is 0 Å². The molecule has 0 saturated heterocycles. The van der Waals surface area contributed by atoms with E-state index in [0.29, 0.717) is 11.4 Å². The van der Waals surface area contributed by atoms with Crippen LogP contribution in [-0.4, -0.2) is 26.4 Å². The Balaban J connectivity index is 1.33. The third-order valence-electron chi connectivity index (χ3n) is 5.13. The molecule has 3 aromatic rings. The molecule has 0 saturated carbocycles. The number of ether oxygens (including phenoxy) is 2. The summed E-state index contributed by atoms with van der Waals surface area (Å²) in [5, 5.41) is 2.67. The second kappa shape index (κ2) is 8.62. The summed E-state index contributed by atoms with van der Waals surface area (Å²) in [6, 6.07) is 21.8. The van der Waals surface area contributed by atoms with Gasteiger partial charge in [0.05, 0.1) is 19.3 Å². The molecule has 3 aromatic carbocycles. The second-order valence-electron chi connectivity index (χ2n) is 6.94. The maximum atomic E-state index is 12.1. The zero-order valence-electron chi connectivity index (χ0n) is 16.6. The summed E-state index contributed by atoms with van der Waals surface area (Å²) in [6.07, 6.45) is -0.486. The van der Waals surface area contributed by atoms with Gasteiger partial charge < -0.3 is 20.5 Å². The standard InChI is InChI=1S/C25H22N2O3/c1-29-24-13-12-17(15-23(24)26)7-6-14-27-25(28)30-16-22-20-10-4-2-8-18(20)19-9-3-5-11-21(19)22/h2-5,8-13,15,22H,14,16,26H2,1H3,(H,27,28). The number of rotatable bonds is 4. The number of fused-ring (bicyclic) bond motifs is 3. The van der Waals surface area contributed by atoms with Gasteiger partial charge in [-0.3, -0.25) is 0 Å². The van der Waals surface area contributed by atoms with Crippen LogP contribution >= 0.6 is 0 Å². The molecular formula is C25H22N2O3. The highest BCUT2D eigenvalue weighted by Crippen LogP contribution is 2.44. The molecule has 0 aromatic heterocycles. The first-order chi connectivity index (χ1) is 14.7. The Labute approximate surface area is 175 Å². The summed E-state index contributed by atoms with van der Waals surface area (Å²) in [5.74, 6) is 6.50. The monoisotopic (exact) mass is 398 g/mol. The van der Waals surface area contributed by atoms with Crippen molar-refractivity contribution in [2.24, 2.45) is 0 Å². The zero-order valence-corrected chi connectivity index (χ0v) is 16.6. The number of hydrogen-bond donors (Lipinski definition) is 2. The normalized spacial score (nSPS) is 11.6. The average Bonchev–Trinajstić information content (AvgIpc) is 3.09. The maximum absolute atomic E-state index is 12.1. The number of amides is 1.